The number of methoxy groups -OCH3 is 1. The quantitative estimate of drug-likeness (QED) is 0.206. The highest BCUT2D eigenvalue weighted by Gasteiger charge is 2.17. The van der Waals surface area contributed by atoms with E-state index in [0.29, 0.717) is 25.9 Å². The summed E-state index contributed by atoms with van der Waals surface area (Å²) in [4.78, 5) is 12.6. The van der Waals surface area contributed by atoms with E-state index in [1.165, 1.54) is 49.6 Å². The molecule has 0 fully saturated rings. The number of aryl methyl sites for hydroxylation is 1. The molecule has 0 atom stereocenters. The van der Waals surface area contributed by atoms with Crippen molar-refractivity contribution < 1.29 is 22.1 Å². The first-order valence-corrected chi connectivity index (χ1v) is 12.7. The Morgan fingerprint density at radius 2 is 1.56 bits per heavy atom. The predicted molar refractivity (Wildman–Crippen MR) is 136 cm³/mol. The van der Waals surface area contributed by atoms with Crippen molar-refractivity contribution in [1.82, 2.24) is 0 Å². The molecule has 0 aliphatic carbocycles. The summed E-state index contributed by atoms with van der Waals surface area (Å²) in [5, 5.41) is 12.2. The van der Waals surface area contributed by atoms with Crippen molar-refractivity contribution in [3.8, 4) is 17.6 Å². The monoisotopic (exact) mass is 604 g/mol. The third-order valence-corrected chi connectivity index (χ3v) is 7.05. The molecule has 0 spiro atoms. The fourth-order valence-electron chi connectivity index (χ4n) is 2.85. The predicted octanol–water partition coefficient (Wildman–Crippen LogP) is 5.84. The van der Waals surface area contributed by atoms with Crippen molar-refractivity contribution in [1.29, 1.82) is 5.26 Å². The number of halogens is 2. The highest BCUT2D eigenvalue weighted by molar-refractivity contribution is 9.11. The zero-order valence-corrected chi connectivity index (χ0v) is 22.0. The molecule has 0 heterocycles. The standard InChI is InChI=1S/C24H18Br2N2O5S/c1-15-11-21(25)23(22(26)12-15)28-24(29)17(14-27)13-16-3-5-19(6-4-16)33-34(30,31)20-9-7-18(32-2)8-10-20/h3-13H,1-2H3,(H,28,29)/b17-13+. The van der Waals surface area contributed by atoms with Gasteiger partial charge >= 0.3 is 10.1 Å². The van der Waals surface area contributed by atoms with Crippen molar-refractivity contribution in [3.63, 3.8) is 0 Å². The smallest absolute Gasteiger partial charge is 0.339 e. The molecular formula is C24H18Br2N2O5S. The lowest BCUT2D eigenvalue weighted by molar-refractivity contribution is -0.112. The maximum atomic E-state index is 12.6. The number of carbonyl (C=O) groups excluding carboxylic acids is 1. The second-order valence-electron chi connectivity index (χ2n) is 7.01. The maximum Gasteiger partial charge on any atom is 0.339 e. The number of nitriles is 1. The molecule has 1 N–H and O–H groups in total. The van der Waals surface area contributed by atoms with E-state index in [9.17, 15) is 18.5 Å². The molecule has 0 aliphatic rings. The van der Waals surface area contributed by atoms with Crippen molar-refractivity contribution in [2.24, 2.45) is 0 Å². The zero-order valence-electron chi connectivity index (χ0n) is 18.0. The van der Waals surface area contributed by atoms with Crippen LogP contribution in [0.25, 0.3) is 6.08 Å². The van der Waals surface area contributed by atoms with Gasteiger partial charge in [0.2, 0.25) is 0 Å². The lowest BCUT2D eigenvalue weighted by Crippen LogP contribution is -2.14. The lowest BCUT2D eigenvalue weighted by atomic mass is 10.1. The van der Waals surface area contributed by atoms with Crippen LogP contribution in [-0.2, 0) is 14.9 Å². The molecule has 1 amide bonds. The Morgan fingerprint density at radius 3 is 2.09 bits per heavy atom. The maximum absolute atomic E-state index is 12.6. The topological polar surface area (TPSA) is 105 Å². The Bertz CT molecular complexity index is 1370. The largest absolute Gasteiger partial charge is 0.497 e. The SMILES string of the molecule is COc1ccc(S(=O)(=O)Oc2ccc(/C=C(\C#N)C(=O)Nc3c(Br)cc(C)cc3Br)cc2)cc1. The molecule has 0 unspecified atom stereocenters. The van der Waals surface area contributed by atoms with Gasteiger partial charge in [-0.15, -0.1) is 0 Å². The highest BCUT2D eigenvalue weighted by Crippen LogP contribution is 2.32. The molecule has 3 aromatic rings. The van der Waals surface area contributed by atoms with Crippen LogP contribution in [0.3, 0.4) is 0 Å². The molecular weight excluding hydrogens is 588 g/mol. The Labute approximate surface area is 214 Å². The molecule has 174 valence electrons. The van der Waals surface area contributed by atoms with Gasteiger partial charge in [-0.25, -0.2) is 0 Å². The molecule has 0 saturated carbocycles. The molecule has 7 nitrogen and oxygen atoms in total. The van der Waals surface area contributed by atoms with Gasteiger partial charge in [0.15, 0.2) is 0 Å². The second kappa shape index (κ2) is 10.9. The first-order chi connectivity index (χ1) is 16.1. The van der Waals surface area contributed by atoms with Crippen LogP contribution in [0.5, 0.6) is 11.5 Å². The average molecular weight is 606 g/mol. The Balaban J connectivity index is 1.75. The van der Waals surface area contributed by atoms with Crippen LogP contribution in [0.2, 0.25) is 0 Å². The van der Waals surface area contributed by atoms with Gasteiger partial charge in [-0.3, -0.25) is 4.79 Å². The van der Waals surface area contributed by atoms with E-state index in [1.54, 1.807) is 12.1 Å². The zero-order chi connectivity index (χ0) is 24.9. The molecule has 0 bridgehead atoms. The summed E-state index contributed by atoms with van der Waals surface area (Å²) >= 11 is 6.81. The number of anilines is 1. The van der Waals surface area contributed by atoms with Gasteiger partial charge in [-0.1, -0.05) is 12.1 Å². The van der Waals surface area contributed by atoms with Gasteiger partial charge in [-0.2, -0.15) is 13.7 Å². The van der Waals surface area contributed by atoms with E-state index < -0.39 is 16.0 Å². The van der Waals surface area contributed by atoms with Gasteiger partial charge < -0.3 is 14.2 Å². The molecule has 0 saturated heterocycles. The van der Waals surface area contributed by atoms with Gasteiger partial charge in [0.1, 0.15) is 28.0 Å². The van der Waals surface area contributed by atoms with Crippen molar-refractivity contribution in [2.75, 3.05) is 12.4 Å². The summed E-state index contributed by atoms with van der Waals surface area (Å²) in [5.41, 5.74) is 1.88. The third-order valence-electron chi connectivity index (χ3n) is 4.54. The van der Waals surface area contributed by atoms with E-state index in [4.69, 9.17) is 8.92 Å². The summed E-state index contributed by atoms with van der Waals surface area (Å²) in [6, 6.07) is 17.3. The number of benzene rings is 3. The molecule has 0 radical (unpaired) electrons. The molecule has 34 heavy (non-hydrogen) atoms. The van der Waals surface area contributed by atoms with Crippen LogP contribution in [0.4, 0.5) is 5.69 Å². The minimum absolute atomic E-state index is 0.0193. The second-order valence-corrected chi connectivity index (χ2v) is 10.3. The summed E-state index contributed by atoms with van der Waals surface area (Å²) in [5.74, 6) is 0.0214. The van der Waals surface area contributed by atoms with E-state index in [1.807, 2.05) is 25.1 Å². The number of amides is 1. The number of carbonyl (C=O) groups is 1. The number of rotatable bonds is 7. The van der Waals surface area contributed by atoms with E-state index in [0.717, 1.165) is 5.56 Å². The third kappa shape index (κ3) is 6.26. The summed E-state index contributed by atoms with van der Waals surface area (Å²) in [6.07, 6.45) is 1.40. The molecule has 10 heteroatoms. The van der Waals surface area contributed by atoms with Crippen LogP contribution < -0.4 is 14.2 Å². The first-order valence-electron chi connectivity index (χ1n) is 9.70. The molecule has 3 rings (SSSR count). The minimum atomic E-state index is -4.03. The highest BCUT2D eigenvalue weighted by atomic mass is 79.9. The lowest BCUT2D eigenvalue weighted by Gasteiger charge is -2.10. The van der Waals surface area contributed by atoms with E-state index in [2.05, 4.69) is 37.2 Å². The van der Waals surface area contributed by atoms with Crippen LogP contribution in [0, 0.1) is 18.3 Å². The summed E-state index contributed by atoms with van der Waals surface area (Å²) in [7, 11) is -2.55. The van der Waals surface area contributed by atoms with E-state index >= 15 is 0 Å². The number of hydrogen-bond acceptors (Lipinski definition) is 6. The number of nitrogens with one attached hydrogen (secondary N) is 1. The number of nitrogens with zero attached hydrogens (tertiary/aromatic N) is 1. The van der Waals surface area contributed by atoms with Crippen molar-refractivity contribution in [2.45, 2.75) is 11.8 Å². The van der Waals surface area contributed by atoms with Crippen molar-refractivity contribution >= 4 is 59.6 Å². The average Bonchev–Trinajstić information content (AvgIpc) is 2.80. The Morgan fingerprint density at radius 1 is 1.00 bits per heavy atom. The fraction of sp³-hybridized carbons (Fsp3) is 0.0833. The Kier molecular flexibility index (Phi) is 8.15. The fourth-order valence-corrected chi connectivity index (χ4v) is 5.40. The summed E-state index contributed by atoms with van der Waals surface area (Å²) in [6.45, 7) is 1.91. The Hall–Kier alpha value is -3.13. The van der Waals surface area contributed by atoms with Crippen LogP contribution in [0.1, 0.15) is 11.1 Å². The number of ether oxygens (including phenoxy) is 1. The van der Waals surface area contributed by atoms with Crippen LogP contribution in [0.15, 0.2) is 80.1 Å². The first kappa shape index (κ1) is 25.5. The van der Waals surface area contributed by atoms with Crippen molar-refractivity contribution in [3.05, 3.63) is 86.3 Å². The molecule has 0 aromatic heterocycles. The summed E-state index contributed by atoms with van der Waals surface area (Å²) < 4.78 is 36.5. The van der Waals surface area contributed by atoms with Gasteiger partial charge in [0.05, 0.1) is 12.8 Å². The van der Waals surface area contributed by atoms with E-state index in [-0.39, 0.29) is 16.2 Å². The number of hydrogen-bond donors (Lipinski definition) is 1. The van der Waals surface area contributed by atoms with Gasteiger partial charge in [0.25, 0.3) is 5.91 Å². The van der Waals surface area contributed by atoms with Gasteiger partial charge in [0, 0.05) is 8.95 Å². The normalized spacial score (nSPS) is 11.4. The van der Waals surface area contributed by atoms with Crippen LogP contribution in [-0.4, -0.2) is 21.4 Å². The molecule has 0 aliphatic heterocycles. The van der Waals surface area contributed by atoms with Crippen LogP contribution >= 0.6 is 31.9 Å². The molecule has 3 aromatic carbocycles. The minimum Gasteiger partial charge on any atom is -0.497 e. The van der Waals surface area contributed by atoms with Gasteiger partial charge in [-0.05, 0) is 105 Å².